The Hall–Kier alpha value is -1.75. The van der Waals surface area contributed by atoms with Crippen LogP contribution in [-0.4, -0.2) is 14.9 Å². The van der Waals surface area contributed by atoms with E-state index in [1.165, 1.54) is 16.8 Å². The second-order valence-electron chi connectivity index (χ2n) is 3.89. The molecule has 5 heteroatoms. The van der Waals surface area contributed by atoms with E-state index in [4.69, 9.17) is 0 Å². The van der Waals surface area contributed by atoms with Gasteiger partial charge in [-0.1, -0.05) is 12.1 Å². The monoisotopic (exact) mass is 238 g/mol. The zero-order chi connectivity index (χ0) is 12.6. The van der Waals surface area contributed by atoms with E-state index in [2.05, 4.69) is 5.10 Å². The molecule has 0 aliphatic heterocycles. The minimum absolute atomic E-state index is 0.0823. The molecule has 90 valence electrons. The maximum atomic E-state index is 13.5. The molecular weight excluding hydrogens is 226 g/mol. The van der Waals surface area contributed by atoms with Crippen LogP contribution in [0.1, 0.15) is 22.9 Å². The van der Waals surface area contributed by atoms with E-state index in [0.717, 1.165) is 6.07 Å². The van der Waals surface area contributed by atoms with Crippen LogP contribution in [0.4, 0.5) is 8.78 Å². The van der Waals surface area contributed by atoms with Crippen molar-refractivity contribution in [3.8, 4) is 0 Å². The fraction of sp³-hybridized carbons (Fsp3) is 0.250. The third kappa shape index (κ3) is 2.06. The van der Waals surface area contributed by atoms with Crippen molar-refractivity contribution in [1.82, 2.24) is 9.78 Å². The summed E-state index contributed by atoms with van der Waals surface area (Å²) >= 11 is 0. The Balaban J connectivity index is 2.47. The third-order valence-electron chi connectivity index (χ3n) is 2.62. The number of halogens is 2. The van der Waals surface area contributed by atoms with Gasteiger partial charge in [-0.2, -0.15) is 5.10 Å². The van der Waals surface area contributed by atoms with E-state index in [-0.39, 0.29) is 5.56 Å². The van der Waals surface area contributed by atoms with Crippen molar-refractivity contribution in [1.29, 1.82) is 0 Å². The van der Waals surface area contributed by atoms with Crippen LogP contribution in [0, 0.1) is 18.6 Å². The molecular formula is C12H12F2N2O. The molecule has 0 spiro atoms. The summed E-state index contributed by atoms with van der Waals surface area (Å²) in [7, 11) is 1.70. The first kappa shape index (κ1) is 11.7. The second-order valence-corrected chi connectivity index (χ2v) is 3.89. The van der Waals surface area contributed by atoms with Crippen LogP contribution in [0.2, 0.25) is 0 Å². The molecule has 1 atom stereocenters. The Bertz CT molecular complexity index is 551. The molecule has 3 nitrogen and oxygen atoms in total. The molecule has 1 heterocycles. The molecule has 0 bridgehead atoms. The minimum Gasteiger partial charge on any atom is -0.383 e. The molecule has 1 aromatic heterocycles. The van der Waals surface area contributed by atoms with Gasteiger partial charge in [-0.25, -0.2) is 8.78 Å². The number of rotatable bonds is 2. The van der Waals surface area contributed by atoms with Gasteiger partial charge < -0.3 is 5.11 Å². The van der Waals surface area contributed by atoms with Crippen molar-refractivity contribution in [2.75, 3.05) is 0 Å². The standard InChI is InChI=1S/C12H12F2N2O/c1-7-9(6-16(2)15-7)12(17)8-4-3-5-10(13)11(8)14/h3-6,12,17H,1-2H3. The van der Waals surface area contributed by atoms with Crippen LogP contribution in [0.3, 0.4) is 0 Å². The fourth-order valence-corrected chi connectivity index (χ4v) is 1.79. The third-order valence-corrected chi connectivity index (χ3v) is 2.62. The second kappa shape index (κ2) is 4.25. The van der Waals surface area contributed by atoms with Gasteiger partial charge in [0.2, 0.25) is 0 Å². The number of benzene rings is 1. The highest BCUT2D eigenvalue weighted by molar-refractivity contribution is 5.32. The number of aliphatic hydroxyl groups excluding tert-OH is 1. The highest BCUT2D eigenvalue weighted by Crippen LogP contribution is 2.26. The van der Waals surface area contributed by atoms with Gasteiger partial charge in [-0.3, -0.25) is 4.68 Å². The average molecular weight is 238 g/mol. The van der Waals surface area contributed by atoms with Gasteiger partial charge in [0.25, 0.3) is 0 Å². The summed E-state index contributed by atoms with van der Waals surface area (Å²) in [6.07, 6.45) is 0.379. The van der Waals surface area contributed by atoms with Crippen LogP contribution < -0.4 is 0 Å². The molecule has 17 heavy (non-hydrogen) atoms. The Morgan fingerprint density at radius 2 is 2.00 bits per heavy atom. The van der Waals surface area contributed by atoms with E-state index < -0.39 is 17.7 Å². The van der Waals surface area contributed by atoms with Crippen molar-refractivity contribution in [2.45, 2.75) is 13.0 Å². The molecule has 1 unspecified atom stereocenters. The van der Waals surface area contributed by atoms with Crippen LogP contribution in [0.25, 0.3) is 0 Å². The topological polar surface area (TPSA) is 38.0 Å². The first-order valence-corrected chi connectivity index (χ1v) is 5.13. The molecule has 2 rings (SSSR count). The summed E-state index contributed by atoms with van der Waals surface area (Å²) in [4.78, 5) is 0. The molecule has 2 aromatic rings. The summed E-state index contributed by atoms with van der Waals surface area (Å²) < 4.78 is 28.1. The largest absolute Gasteiger partial charge is 0.383 e. The predicted molar refractivity (Wildman–Crippen MR) is 58.4 cm³/mol. The highest BCUT2D eigenvalue weighted by Gasteiger charge is 2.20. The van der Waals surface area contributed by atoms with E-state index >= 15 is 0 Å². The van der Waals surface area contributed by atoms with Crippen molar-refractivity contribution in [2.24, 2.45) is 7.05 Å². The molecule has 0 amide bonds. The van der Waals surface area contributed by atoms with E-state index in [1.54, 1.807) is 20.2 Å². The van der Waals surface area contributed by atoms with Gasteiger partial charge in [0.1, 0.15) is 6.10 Å². The zero-order valence-corrected chi connectivity index (χ0v) is 9.48. The maximum Gasteiger partial charge on any atom is 0.164 e. The van der Waals surface area contributed by atoms with Gasteiger partial charge in [0.15, 0.2) is 11.6 Å². The van der Waals surface area contributed by atoms with Crippen LogP contribution in [-0.2, 0) is 7.05 Å². The van der Waals surface area contributed by atoms with Crippen LogP contribution in [0.15, 0.2) is 24.4 Å². The summed E-state index contributed by atoms with van der Waals surface area (Å²) in [5.74, 6) is -1.99. The number of aromatic nitrogens is 2. The lowest BCUT2D eigenvalue weighted by atomic mass is 10.0. The Kier molecular flexibility index (Phi) is 2.93. The van der Waals surface area contributed by atoms with Crippen LogP contribution >= 0.6 is 0 Å². The number of nitrogens with zero attached hydrogens (tertiary/aromatic N) is 2. The summed E-state index contributed by atoms with van der Waals surface area (Å²) in [5, 5.41) is 14.1. The summed E-state index contributed by atoms with van der Waals surface area (Å²) in [6, 6.07) is 3.74. The van der Waals surface area contributed by atoms with E-state index in [9.17, 15) is 13.9 Å². The molecule has 0 saturated carbocycles. The lowest BCUT2D eigenvalue weighted by Gasteiger charge is -2.11. The lowest BCUT2D eigenvalue weighted by Crippen LogP contribution is -2.04. The number of aryl methyl sites for hydroxylation is 2. The molecule has 1 aromatic carbocycles. The summed E-state index contributed by atoms with van der Waals surface area (Å²) in [6.45, 7) is 1.70. The first-order valence-electron chi connectivity index (χ1n) is 5.13. The maximum absolute atomic E-state index is 13.5. The van der Waals surface area contributed by atoms with E-state index in [1.807, 2.05) is 0 Å². The molecule has 0 aliphatic rings. The van der Waals surface area contributed by atoms with Gasteiger partial charge in [0.05, 0.1) is 5.69 Å². The fourth-order valence-electron chi connectivity index (χ4n) is 1.79. The molecule has 0 radical (unpaired) electrons. The number of hydrogen-bond donors (Lipinski definition) is 1. The normalized spacial score (nSPS) is 12.8. The van der Waals surface area contributed by atoms with Gasteiger partial charge in [0, 0.05) is 24.4 Å². The molecule has 0 aliphatic carbocycles. The quantitative estimate of drug-likeness (QED) is 0.870. The Morgan fingerprint density at radius 1 is 1.29 bits per heavy atom. The highest BCUT2D eigenvalue weighted by atomic mass is 19.2. The van der Waals surface area contributed by atoms with Gasteiger partial charge in [-0.15, -0.1) is 0 Å². The Morgan fingerprint density at radius 3 is 2.59 bits per heavy atom. The predicted octanol–water partition coefficient (Wildman–Crippen LogP) is 2.09. The average Bonchev–Trinajstić information content (AvgIpc) is 2.61. The van der Waals surface area contributed by atoms with Crippen molar-refractivity contribution >= 4 is 0 Å². The lowest BCUT2D eigenvalue weighted by molar-refractivity contribution is 0.212. The molecule has 0 saturated heterocycles. The number of aliphatic hydroxyl groups is 1. The van der Waals surface area contributed by atoms with Crippen molar-refractivity contribution in [3.05, 3.63) is 52.9 Å². The van der Waals surface area contributed by atoms with Crippen molar-refractivity contribution < 1.29 is 13.9 Å². The Labute approximate surface area is 97.3 Å². The molecule has 1 N–H and O–H groups in total. The number of hydrogen-bond acceptors (Lipinski definition) is 2. The smallest absolute Gasteiger partial charge is 0.164 e. The van der Waals surface area contributed by atoms with Gasteiger partial charge >= 0.3 is 0 Å². The summed E-state index contributed by atoms with van der Waals surface area (Å²) in [5.41, 5.74) is 0.974. The minimum atomic E-state index is -1.21. The van der Waals surface area contributed by atoms with Gasteiger partial charge in [-0.05, 0) is 13.0 Å². The SMILES string of the molecule is Cc1nn(C)cc1C(O)c1cccc(F)c1F. The van der Waals surface area contributed by atoms with Crippen LogP contribution in [0.5, 0.6) is 0 Å². The van der Waals surface area contributed by atoms with Crippen molar-refractivity contribution in [3.63, 3.8) is 0 Å². The first-order chi connectivity index (χ1) is 8.00. The zero-order valence-electron chi connectivity index (χ0n) is 9.48. The van der Waals surface area contributed by atoms with E-state index in [0.29, 0.717) is 11.3 Å². The molecule has 0 fully saturated rings.